The zero-order valence-corrected chi connectivity index (χ0v) is 15.1. The average molecular weight is 401 g/mol. The maximum Gasteiger partial charge on any atom is 0.394 e. The third-order valence-corrected chi connectivity index (χ3v) is 4.44. The number of aliphatic hydroxyl groups excluding tert-OH is 3. The molecule has 1 rings (SSSR count). The van der Waals surface area contributed by atoms with Gasteiger partial charge in [-0.3, -0.25) is 9.59 Å². The Hall–Kier alpha value is -2.58. The highest BCUT2D eigenvalue weighted by Crippen LogP contribution is 2.39. The molecule has 0 aromatic rings. The van der Waals surface area contributed by atoms with E-state index in [0.717, 1.165) is 6.92 Å². The van der Waals surface area contributed by atoms with Gasteiger partial charge in [-0.2, -0.15) is 0 Å². The summed E-state index contributed by atoms with van der Waals surface area (Å²) in [4.78, 5) is 38.9. The summed E-state index contributed by atoms with van der Waals surface area (Å²) in [5, 5.41) is 42.9. The number of amides is 2. The molecule has 1 aliphatic carbocycles. The molecule has 1 aliphatic rings. The van der Waals surface area contributed by atoms with Crippen molar-refractivity contribution in [1.82, 2.24) is 10.5 Å². The lowest BCUT2D eigenvalue weighted by Gasteiger charge is -2.36. The molecule has 2 amide bonds. The van der Waals surface area contributed by atoms with Gasteiger partial charge in [-0.1, -0.05) is 0 Å². The van der Waals surface area contributed by atoms with Gasteiger partial charge in [-0.25, -0.2) is 9.79 Å². The number of carboxylic acids is 1. The van der Waals surface area contributed by atoms with Gasteiger partial charge >= 0.3 is 12.1 Å². The molecule has 0 bridgehead atoms. The van der Waals surface area contributed by atoms with E-state index in [1.165, 1.54) is 0 Å². The minimum absolute atomic E-state index is 0.196. The number of nitrogens with two attached hydrogens (primary N) is 2. The lowest BCUT2D eigenvalue weighted by molar-refractivity contribution is -0.145. The topological polar surface area (TPSA) is 230 Å². The second-order valence-electron chi connectivity index (χ2n) is 6.36. The summed E-state index contributed by atoms with van der Waals surface area (Å²) in [6.07, 6.45) is -6.23. The average Bonchev–Trinajstić information content (AvgIpc) is 2.95. The van der Waals surface area contributed by atoms with Gasteiger partial charge in [0, 0.05) is 12.8 Å². The summed E-state index contributed by atoms with van der Waals surface area (Å²) < 4.78 is 5.07. The summed E-state index contributed by atoms with van der Waals surface area (Å²) in [6.45, 7) is 0.265. The van der Waals surface area contributed by atoms with Crippen LogP contribution in [0.5, 0.6) is 0 Å². The van der Waals surface area contributed by atoms with Gasteiger partial charge in [-0.15, -0.1) is 0 Å². The number of nitrogens with zero attached hydrogens (tertiary/aromatic N) is 1. The zero-order valence-electron chi connectivity index (χ0n) is 15.1. The number of aliphatic carboxylic acids is 1. The number of hydrogen-bond donors (Lipinski definition) is 8. The fourth-order valence-corrected chi connectivity index (χ4v) is 3.36. The van der Waals surface area contributed by atoms with Crippen molar-refractivity contribution in [1.29, 1.82) is 0 Å². The van der Waals surface area contributed by atoms with Gasteiger partial charge in [0.1, 0.15) is 18.3 Å². The van der Waals surface area contributed by atoms with E-state index in [9.17, 15) is 29.7 Å². The second-order valence-corrected chi connectivity index (χ2v) is 6.36. The maximum absolute atomic E-state index is 11.7. The predicted octanol–water partition coefficient (Wildman–Crippen LogP) is -4.25. The van der Waals surface area contributed by atoms with E-state index in [4.69, 9.17) is 29.3 Å². The lowest BCUT2D eigenvalue weighted by atomic mass is 9.85. The van der Waals surface area contributed by atoms with Crippen LogP contribution in [0.4, 0.5) is 4.79 Å². The molecule has 0 aliphatic heterocycles. The van der Waals surface area contributed by atoms with Crippen molar-refractivity contribution >= 4 is 31.9 Å². The first-order chi connectivity index (χ1) is 13.0. The second kappa shape index (κ2) is 10.1. The standard InChI is InChI=1S/C14H24BN5O8/c1-4(22)18-9(10(24)7(23)3-21)8-6(19-13(16)17)2-5(12(25)26)11(8)28-14(27)20-15/h5-11,21,23-24H,2-3H2,1H3,(H,18,22)(H,20,27)(H,25,26)(H4,16,17,19)/t5-,6+,7-,8+,9-,10-,11+/m0/s1. The minimum atomic E-state index is -1.75. The van der Waals surface area contributed by atoms with E-state index in [1.54, 1.807) is 5.23 Å². The first kappa shape index (κ1) is 23.5. The van der Waals surface area contributed by atoms with Gasteiger partial charge in [0.2, 0.25) is 13.9 Å². The Morgan fingerprint density at radius 2 is 1.93 bits per heavy atom. The first-order valence-electron chi connectivity index (χ1n) is 8.26. The van der Waals surface area contributed by atoms with Crippen molar-refractivity contribution in [2.24, 2.45) is 28.3 Å². The van der Waals surface area contributed by atoms with Gasteiger partial charge < -0.3 is 47.2 Å². The first-order valence-corrected chi connectivity index (χ1v) is 8.26. The molecular formula is C14H24BN5O8. The molecule has 13 nitrogen and oxygen atoms in total. The number of rotatable bonds is 8. The molecular weight excluding hydrogens is 377 g/mol. The van der Waals surface area contributed by atoms with Crippen LogP contribution in [0.3, 0.4) is 0 Å². The number of aliphatic imine (C=N–C) groups is 1. The molecule has 1 saturated carbocycles. The van der Waals surface area contributed by atoms with Crippen LogP contribution < -0.4 is 22.0 Å². The molecule has 156 valence electrons. The third kappa shape index (κ3) is 5.71. The Balaban J connectivity index is 3.46. The zero-order chi connectivity index (χ0) is 21.6. The molecule has 0 aromatic carbocycles. The molecule has 1 fully saturated rings. The lowest BCUT2D eigenvalue weighted by Crippen LogP contribution is -2.57. The van der Waals surface area contributed by atoms with Crippen LogP contribution >= 0.6 is 0 Å². The number of aliphatic hydroxyl groups is 3. The van der Waals surface area contributed by atoms with Crippen molar-refractivity contribution in [2.75, 3.05) is 6.61 Å². The summed E-state index contributed by atoms with van der Waals surface area (Å²) >= 11 is 0. The van der Waals surface area contributed by atoms with Crippen molar-refractivity contribution in [3.63, 3.8) is 0 Å². The summed E-state index contributed by atoms with van der Waals surface area (Å²) in [5.41, 5.74) is 10.8. The number of carbonyl (C=O) groups excluding carboxylic acids is 2. The summed E-state index contributed by atoms with van der Waals surface area (Å²) in [5.74, 6) is -4.85. The molecule has 14 heteroatoms. The largest absolute Gasteiger partial charge is 0.481 e. The normalized spacial score (nSPS) is 27.1. The van der Waals surface area contributed by atoms with Crippen LogP contribution in [0.1, 0.15) is 13.3 Å². The van der Waals surface area contributed by atoms with E-state index in [1.807, 2.05) is 0 Å². The van der Waals surface area contributed by atoms with Gasteiger partial charge in [0.15, 0.2) is 5.96 Å². The molecule has 7 atom stereocenters. The van der Waals surface area contributed by atoms with Gasteiger partial charge in [0.25, 0.3) is 0 Å². The van der Waals surface area contributed by atoms with Gasteiger partial charge in [-0.05, 0) is 6.42 Å². The highest BCUT2D eigenvalue weighted by atomic mass is 16.6. The number of carboxylic acid groups (broad SMARTS) is 1. The smallest absolute Gasteiger partial charge is 0.394 e. The third-order valence-electron chi connectivity index (χ3n) is 4.44. The van der Waals surface area contributed by atoms with Crippen LogP contribution in [-0.4, -0.2) is 89.3 Å². The van der Waals surface area contributed by atoms with Crippen LogP contribution in [0.15, 0.2) is 4.99 Å². The summed E-state index contributed by atoms with van der Waals surface area (Å²) in [6, 6.07) is -2.37. The van der Waals surface area contributed by atoms with E-state index >= 15 is 0 Å². The van der Waals surface area contributed by atoms with Crippen LogP contribution in [0, 0.1) is 11.8 Å². The number of guanidine groups is 1. The molecule has 0 heterocycles. The highest BCUT2D eigenvalue weighted by molar-refractivity contribution is 6.12. The van der Waals surface area contributed by atoms with Gasteiger partial charge in [0.05, 0.1) is 24.6 Å². The number of hydrogen-bond acceptors (Lipinski definition) is 8. The fraction of sp³-hybridized carbons (Fsp3) is 0.714. The van der Waals surface area contributed by atoms with Crippen molar-refractivity contribution in [3.8, 4) is 0 Å². The highest BCUT2D eigenvalue weighted by Gasteiger charge is 2.54. The maximum atomic E-state index is 11.7. The Morgan fingerprint density at radius 3 is 2.36 bits per heavy atom. The molecule has 0 aromatic heterocycles. The van der Waals surface area contributed by atoms with E-state index in [2.05, 4.69) is 10.3 Å². The SMILES string of the molecule is [B]NC(=O)O[C@H]1[C@@H]([C@H](NC(C)=O)[C@@H](O)[C@@H](O)CO)[C@H](N=C(N)N)C[C@@H]1C(=O)O. The Morgan fingerprint density at radius 1 is 1.32 bits per heavy atom. The quantitative estimate of drug-likeness (QED) is 0.111. The molecule has 0 spiro atoms. The predicted molar refractivity (Wildman–Crippen MR) is 94.7 cm³/mol. The number of ether oxygens (including phenoxy) is 1. The minimum Gasteiger partial charge on any atom is -0.481 e. The van der Waals surface area contributed by atoms with E-state index < -0.39 is 72.8 Å². The van der Waals surface area contributed by atoms with Crippen LogP contribution in [0.2, 0.25) is 0 Å². The fourth-order valence-electron chi connectivity index (χ4n) is 3.36. The molecule has 0 saturated heterocycles. The monoisotopic (exact) mass is 401 g/mol. The van der Waals surface area contributed by atoms with Crippen molar-refractivity contribution in [2.45, 2.75) is 43.7 Å². The summed E-state index contributed by atoms with van der Waals surface area (Å²) in [7, 11) is 4.99. The Labute approximate surface area is 161 Å². The Kier molecular flexibility index (Phi) is 8.47. The Bertz CT molecular complexity index is 617. The van der Waals surface area contributed by atoms with Crippen LogP contribution in [0.25, 0.3) is 0 Å². The number of nitrogens with one attached hydrogen (secondary N) is 2. The molecule has 10 N–H and O–H groups in total. The van der Waals surface area contributed by atoms with E-state index in [-0.39, 0.29) is 6.42 Å². The van der Waals surface area contributed by atoms with Crippen molar-refractivity contribution < 1.29 is 39.5 Å². The molecule has 0 unspecified atom stereocenters. The van der Waals surface area contributed by atoms with E-state index in [0.29, 0.717) is 0 Å². The molecule has 2 radical (unpaired) electrons. The van der Waals surface area contributed by atoms with Crippen LogP contribution in [-0.2, 0) is 14.3 Å². The molecule has 28 heavy (non-hydrogen) atoms. The number of carbonyl (C=O) groups is 3. The van der Waals surface area contributed by atoms with Crippen molar-refractivity contribution in [3.05, 3.63) is 0 Å².